The number of fused-ring (bicyclic) bond motifs is 1. The van der Waals surface area contributed by atoms with E-state index >= 15 is 0 Å². The van der Waals surface area contributed by atoms with Crippen molar-refractivity contribution in [3.63, 3.8) is 0 Å². The molecule has 6 heteroatoms. The van der Waals surface area contributed by atoms with Crippen LogP contribution in [0.2, 0.25) is 0 Å². The van der Waals surface area contributed by atoms with E-state index in [0.717, 1.165) is 31.2 Å². The van der Waals surface area contributed by atoms with E-state index in [1.165, 1.54) is 41.7 Å². The smallest absolute Gasteiger partial charge is 0.242 e. The monoisotopic (exact) mass is 512 g/mol. The largest absolute Gasteiger partial charge is 0.382 e. The standard InChI is InChI=1S/C30H44N2O3S/c1-4-6-7-8-9-10-12-28(33)31(19-11-21-35-5-2)23-29(34)32-20-17-27-26(18-22-36-27)30(32)25-15-13-24(3)14-16-25/h13-16,18,22,30H,4-12,17,19-21,23H2,1-3H3. The fourth-order valence-corrected chi connectivity index (χ4v) is 5.86. The summed E-state index contributed by atoms with van der Waals surface area (Å²) in [5.74, 6) is 0.126. The fraction of sp³-hybridized carbons (Fsp3) is 0.600. The summed E-state index contributed by atoms with van der Waals surface area (Å²) in [7, 11) is 0. The molecule has 2 amide bonds. The van der Waals surface area contributed by atoms with Crippen molar-refractivity contribution in [1.29, 1.82) is 0 Å². The van der Waals surface area contributed by atoms with Gasteiger partial charge in [0.1, 0.15) is 0 Å². The molecule has 0 bridgehead atoms. The second-order valence-electron chi connectivity index (χ2n) is 9.83. The van der Waals surface area contributed by atoms with Gasteiger partial charge in [-0.3, -0.25) is 9.59 Å². The van der Waals surface area contributed by atoms with Gasteiger partial charge in [0.2, 0.25) is 11.8 Å². The van der Waals surface area contributed by atoms with Crippen molar-refractivity contribution < 1.29 is 14.3 Å². The Labute approximate surface area is 221 Å². The van der Waals surface area contributed by atoms with E-state index < -0.39 is 0 Å². The Morgan fingerprint density at radius 1 is 1.03 bits per heavy atom. The van der Waals surface area contributed by atoms with Crippen LogP contribution in [-0.2, 0) is 20.7 Å². The lowest BCUT2D eigenvalue weighted by Crippen LogP contribution is -2.47. The first kappa shape index (κ1) is 28.4. The Morgan fingerprint density at radius 3 is 2.53 bits per heavy atom. The second-order valence-corrected chi connectivity index (χ2v) is 10.8. The number of ether oxygens (including phenoxy) is 1. The van der Waals surface area contributed by atoms with E-state index in [-0.39, 0.29) is 24.4 Å². The van der Waals surface area contributed by atoms with Crippen molar-refractivity contribution in [3.05, 3.63) is 57.3 Å². The summed E-state index contributed by atoms with van der Waals surface area (Å²) >= 11 is 1.77. The van der Waals surface area contributed by atoms with Crippen LogP contribution in [0.4, 0.5) is 0 Å². The second kappa shape index (κ2) is 15.2. The average Bonchev–Trinajstić information content (AvgIpc) is 3.36. The third-order valence-electron chi connectivity index (χ3n) is 7.02. The predicted octanol–water partition coefficient (Wildman–Crippen LogP) is 6.54. The number of aryl methyl sites for hydroxylation is 1. The van der Waals surface area contributed by atoms with Gasteiger partial charge in [-0.2, -0.15) is 0 Å². The zero-order chi connectivity index (χ0) is 25.8. The Morgan fingerprint density at radius 2 is 1.78 bits per heavy atom. The van der Waals surface area contributed by atoms with Crippen molar-refractivity contribution in [3.8, 4) is 0 Å². The van der Waals surface area contributed by atoms with Crippen LogP contribution in [0, 0.1) is 6.92 Å². The van der Waals surface area contributed by atoms with E-state index in [1.54, 1.807) is 16.2 Å². The Balaban J connectivity index is 1.69. The number of rotatable bonds is 15. The van der Waals surface area contributed by atoms with Crippen LogP contribution in [0.3, 0.4) is 0 Å². The van der Waals surface area contributed by atoms with E-state index in [4.69, 9.17) is 4.74 Å². The molecule has 0 radical (unpaired) electrons. The van der Waals surface area contributed by atoms with Crippen molar-refractivity contribution in [2.45, 2.75) is 84.6 Å². The maximum absolute atomic E-state index is 13.7. The lowest BCUT2D eigenvalue weighted by molar-refractivity contribution is -0.142. The number of hydrogen-bond acceptors (Lipinski definition) is 4. The summed E-state index contributed by atoms with van der Waals surface area (Å²) in [6, 6.07) is 10.6. The molecular formula is C30H44N2O3S. The highest BCUT2D eigenvalue weighted by Crippen LogP contribution is 2.38. The maximum Gasteiger partial charge on any atom is 0.242 e. The van der Waals surface area contributed by atoms with Gasteiger partial charge in [-0.1, -0.05) is 68.9 Å². The molecule has 2 aromatic rings. The summed E-state index contributed by atoms with van der Waals surface area (Å²) < 4.78 is 5.50. The molecule has 1 aliphatic rings. The van der Waals surface area contributed by atoms with E-state index in [2.05, 4.69) is 49.6 Å². The first-order valence-corrected chi connectivity index (χ1v) is 14.7. The molecule has 3 rings (SSSR count). The lowest BCUT2D eigenvalue weighted by atomic mass is 9.92. The van der Waals surface area contributed by atoms with Crippen LogP contribution >= 0.6 is 11.3 Å². The predicted molar refractivity (Wildman–Crippen MR) is 148 cm³/mol. The van der Waals surface area contributed by atoms with Crippen molar-refractivity contribution in [2.24, 2.45) is 0 Å². The molecule has 0 saturated heterocycles. The third kappa shape index (κ3) is 8.17. The summed E-state index contributed by atoms with van der Waals surface area (Å²) in [4.78, 5) is 32.0. The Bertz CT molecular complexity index is 940. The summed E-state index contributed by atoms with van der Waals surface area (Å²) in [5, 5.41) is 2.13. The van der Waals surface area contributed by atoms with Crippen molar-refractivity contribution >= 4 is 23.2 Å². The molecule has 198 valence electrons. The fourth-order valence-electron chi connectivity index (χ4n) is 4.96. The topological polar surface area (TPSA) is 49.9 Å². The summed E-state index contributed by atoms with van der Waals surface area (Å²) in [5.41, 5.74) is 3.57. The van der Waals surface area contributed by atoms with Crippen LogP contribution in [0.1, 0.15) is 92.8 Å². The summed E-state index contributed by atoms with van der Waals surface area (Å²) in [6.07, 6.45) is 9.01. The molecule has 1 aromatic carbocycles. The van der Waals surface area contributed by atoms with E-state index in [1.807, 2.05) is 11.8 Å². The maximum atomic E-state index is 13.7. The first-order chi connectivity index (χ1) is 17.5. The minimum Gasteiger partial charge on any atom is -0.382 e. The molecular weight excluding hydrogens is 468 g/mol. The van der Waals surface area contributed by atoms with E-state index in [0.29, 0.717) is 32.7 Å². The number of unbranched alkanes of at least 4 members (excludes halogenated alkanes) is 5. The number of nitrogens with zero attached hydrogens (tertiary/aromatic N) is 2. The molecule has 0 fully saturated rings. The van der Waals surface area contributed by atoms with Crippen LogP contribution < -0.4 is 0 Å². The van der Waals surface area contributed by atoms with Gasteiger partial charge >= 0.3 is 0 Å². The van der Waals surface area contributed by atoms with Crippen LogP contribution in [0.25, 0.3) is 0 Å². The minimum absolute atomic E-state index is 0.0325. The van der Waals surface area contributed by atoms with Gasteiger partial charge in [-0.15, -0.1) is 11.3 Å². The number of hydrogen-bond donors (Lipinski definition) is 0. The number of thiophene rings is 1. The normalized spacial score (nSPS) is 15.1. The molecule has 2 heterocycles. The van der Waals surface area contributed by atoms with Crippen LogP contribution in [-0.4, -0.2) is 54.5 Å². The average molecular weight is 513 g/mol. The highest BCUT2D eigenvalue weighted by molar-refractivity contribution is 7.10. The molecule has 0 saturated carbocycles. The Kier molecular flexibility index (Phi) is 12.0. The zero-order valence-electron chi connectivity index (χ0n) is 22.5. The molecule has 5 nitrogen and oxygen atoms in total. The molecule has 1 unspecified atom stereocenters. The number of carbonyl (C=O) groups excluding carboxylic acids is 2. The number of benzene rings is 1. The van der Waals surface area contributed by atoms with E-state index in [9.17, 15) is 9.59 Å². The van der Waals surface area contributed by atoms with Gasteiger partial charge in [0.25, 0.3) is 0 Å². The SMILES string of the molecule is CCCCCCCCC(=O)N(CCCOCC)CC(=O)N1CCc2sccc2C1c1ccc(C)cc1. The highest BCUT2D eigenvalue weighted by atomic mass is 32.1. The molecule has 36 heavy (non-hydrogen) atoms. The van der Waals surface area contributed by atoms with Crippen LogP contribution in [0.15, 0.2) is 35.7 Å². The zero-order valence-corrected chi connectivity index (χ0v) is 23.3. The first-order valence-electron chi connectivity index (χ1n) is 13.8. The Hall–Kier alpha value is -2.18. The molecule has 1 aromatic heterocycles. The van der Waals surface area contributed by atoms with Crippen molar-refractivity contribution in [2.75, 3.05) is 32.8 Å². The van der Waals surface area contributed by atoms with Gasteiger partial charge in [0.05, 0.1) is 12.6 Å². The molecule has 0 aliphatic carbocycles. The molecule has 1 aliphatic heterocycles. The van der Waals surface area contributed by atoms with Crippen molar-refractivity contribution in [1.82, 2.24) is 9.80 Å². The van der Waals surface area contributed by atoms with Gasteiger partial charge in [0, 0.05) is 37.6 Å². The van der Waals surface area contributed by atoms with Crippen LogP contribution in [0.5, 0.6) is 0 Å². The molecule has 1 atom stereocenters. The number of amides is 2. The molecule has 0 N–H and O–H groups in total. The van der Waals surface area contributed by atoms with Gasteiger partial charge in [-0.05, 0) is 55.7 Å². The minimum atomic E-state index is -0.0907. The highest BCUT2D eigenvalue weighted by Gasteiger charge is 2.33. The summed E-state index contributed by atoms with van der Waals surface area (Å²) in [6.45, 7) is 8.94. The van der Waals surface area contributed by atoms with Gasteiger partial charge < -0.3 is 14.5 Å². The lowest BCUT2D eigenvalue weighted by Gasteiger charge is -2.37. The molecule has 0 spiro atoms. The van der Waals surface area contributed by atoms with Gasteiger partial charge in [0.15, 0.2) is 0 Å². The quantitative estimate of drug-likeness (QED) is 0.255. The third-order valence-corrected chi connectivity index (χ3v) is 8.02. The van der Waals surface area contributed by atoms with Gasteiger partial charge in [-0.25, -0.2) is 0 Å². The number of carbonyl (C=O) groups is 2.